The number of urea groups is 1. The summed E-state index contributed by atoms with van der Waals surface area (Å²) in [6, 6.07) is 5.64. The summed E-state index contributed by atoms with van der Waals surface area (Å²) in [5, 5.41) is 4.98. The molecule has 3 amide bonds. The monoisotopic (exact) mass is 388 g/mol. The highest BCUT2D eigenvalue weighted by Crippen LogP contribution is 2.19. The van der Waals surface area contributed by atoms with Gasteiger partial charge in [0.2, 0.25) is 5.91 Å². The Labute approximate surface area is 167 Å². The highest BCUT2D eigenvalue weighted by Gasteiger charge is 2.26. The Kier molecular flexibility index (Phi) is 7.62. The second-order valence-corrected chi connectivity index (χ2v) is 7.63. The van der Waals surface area contributed by atoms with Crippen molar-refractivity contribution in [3.8, 4) is 0 Å². The molecule has 0 aromatic carbocycles. The minimum Gasteiger partial charge on any atom is -0.354 e. The molecule has 2 N–H and O–H groups in total. The summed E-state index contributed by atoms with van der Waals surface area (Å²) in [4.78, 5) is 35.0. The molecule has 3 heterocycles. The first-order valence-electron chi connectivity index (χ1n) is 10.3. The van der Waals surface area contributed by atoms with Gasteiger partial charge in [0.15, 0.2) is 0 Å². The molecule has 0 spiro atoms. The zero-order chi connectivity index (χ0) is 19.8. The molecule has 2 aliphatic heterocycles. The predicted molar refractivity (Wildman–Crippen MR) is 109 cm³/mol. The summed E-state index contributed by atoms with van der Waals surface area (Å²) in [6.45, 7) is 9.65. The quantitative estimate of drug-likeness (QED) is 0.749. The predicted octanol–water partition coefficient (Wildman–Crippen LogP) is 0.761. The summed E-state index contributed by atoms with van der Waals surface area (Å²) in [5.74, 6) is 1.41. The number of nitrogens with zero attached hydrogens (tertiary/aromatic N) is 4. The van der Waals surface area contributed by atoms with E-state index >= 15 is 0 Å². The van der Waals surface area contributed by atoms with Crippen molar-refractivity contribution in [3.63, 3.8) is 0 Å². The zero-order valence-electron chi connectivity index (χ0n) is 16.8. The van der Waals surface area contributed by atoms with Crippen LogP contribution in [0.1, 0.15) is 19.8 Å². The standard InChI is InChI=1S/C20H32N6O2/c1-2-21-20(28)23-19(27)16-25-9-5-6-17(15-25)14-24-10-12-26(13-11-24)18-7-3-4-8-22-18/h3-4,7-8,17H,2,5-6,9-16H2,1H3,(H2,21,23,27,28). The van der Waals surface area contributed by atoms with Crippen LogP contribution in [-0.4, -0.2) is 85.6 Å². The molecule has 1 atom stereocenters. The van der Waals surface area contributed by atoms with Crippen LogP contribution >= 0.6 is 0 Å². The van der Waals surface area contributed by atoms with E-state index in [1.165, 1.54) is 6.42 Å². The molecule has 8 nitrogen and oxygen atoms in total. The lowest BCUT2D eigenvalue weighted by Crippen LogP contribution is -2.51. The summed E-state index contributed by atoms with van der Waals surface area (Å²) in [6.07, 6.45) is 4.16. The molecule has 2 aliphatic rings. The molecule has 0 saturated carbocycles. The Balaban J connectivity index is 1.39. The summed E-state index contributed by atoms with van der Waals surface area (Å²) in [5.41, 5.74) is 0. The van der Waals surface area contributed by atoms with Crippen LogP contribution in [0.3, 0.4) is 0 Å². The molecule has 0 bridgehead atoms. The van der Waals surface area contributed by atoms with E-state index in [9.17, 15) is 9.59 Å². The van der Waals surface area contributed by atoms with Gasteiger partial charge in [-0.2, -0.15) is 0 Å². The van der Waals surface area contributed by atoms with E-state index in [1.54, 1.807) is 0 Å². The SMILES string of the molecule is CCNC(=O)NC(=O)CN1CCCC(CN2CCN(c3ccccn3)CC2)C1. The van der Waals surface area contributed by atoms with Crippen molar-refractivity contribution in [1.29, 1.82) is 0 Å². The minimum absolute atomic E-state index is 0.226. The van der Waals surface area contributed by atoms with Crippen LogP contribution in [-0.2, 0) is 4.79 Å². The first kappa shape index (κ1) is 20.5. The van der Waals surface area contributed by atoms with E-state index in [4.69, 9.17) is 0 Å². The van der Waals surface area contributed by atoms with Crippen LogP contribution in [0, 0.1) is 5.92 Å². The number of rotatable bonds is 6. The molecule has 1 unspecified atom stereocenters. The first-order chi connectivity index (χ1) is 13.6. The van der Waals surface area contributed by atoms with Crippen LogP contribution in [0.5, 0.6) is 0 Å². The lowest BCUT2D eigenvalue weighted by atomic mass is 9.97. The van der Waals surface area contributed by atoms with Crippen molar-refractivity contribution in [1.82, 2.24) is 25.4 Å². The van der Waals surface area contributed by atoms with E-state index in [1.807, 2.05) is 25.3 Å². The molecule has 2 saturated heterocycles. The lowest BCUT2D eigenvalue weighted by molar-refractivity contribution is -0.121. The topological polar surface area (TPSA) is 80.8 Å². The zero-order valence-corrected chi connectivity index (χ0v) is 16.8. The number of amides is 3. The third kappa shape index (κ3) is 6.17. The maximum Gasteiger partial charge on any atom is 0.321 e. The maximum atomic E-state index is 12.0. The van der Waals surface area contributed by atoms with Crippen molar-refractivity contribution in [2.75, 3.05) is 63.8 Å². The molecule has 8 heteroatoms. The van der Waals surface area contributed by atoms with Gasteiger partial charge in [-0.1, -0.05) is 6.07 Å². The summed E-state index contributed by atoms with van der Waals surface area (Å²) in [7, 11) is 0. The Bertz CT molecular complexity index is 633. The van der Waals surface area contributed by atoms with Gasteiger partial charge in [0.05, 0.1) is 6.54 Å². The van der Waals surface area contributed by atoms with Crippen molar-refractivity contribution in [2.24, 2.45) is 5.92 Å². The molecule has 0 aliphatic carbocycles. The fraction of sp³-hybridized carbons (Fsp3) is 0.650. The van der Waals surface area contributed by atoms with Crippen LogP contribution in [0.2, 0.25) is 0 Å². The summed E-state index contributed by atoms with van der Waals surface area (Å²) < 4.78 is 0. The number of pyridine rings is 1. The van der Waals surface area contributed by atoms with E-state index in [0.29, 0.717) is 19.0 Å². The largest absolute Gasteiger partial charge is 0.354 e. The number of likely N-dealkylation sites (tertiary alicyclic amines) is 1. The van der Waals surface area contributed by atoms with Crippen molar-refractivity contribution >= 4 is 17.8 Å². The van der Waals surface area contributed by atoms with Gasteiger partial charge in [-0.25, -0.2) is 9.78 Å². The molecule has 3 rings (SSSR count). The van der Waals surface area contributed by atoms with Crippen molar-refractivity contribution in [2.45, 2.75) is 19.8 Å². The average Bonchev–Trinajstić information content (AvgIpc) is 2.69. The molecular weight excluding hydrogens is 356 g/mol. The van der Waals surface area contributed by atoms with Crippen molar-refractivity contribution in [3.05, 3.63) is 24.4 Å². The van der Waals surface area contributed by atoms with Gasteiger partial charge < -0.3 is 10.2 Å². The highest BCUT2D eigenvalue weighted by molar-refractivity contribution is 5.95. The van der Waals surface area contributed by atoms with E-state index in [2.05, 4.69) is 36.4 Å². The molecule has 28 heavy (non-hydrogen) atoms. The second-order valence-electron chi connectivity index (χ2n) is 7.63. The molecule has 1 aromatic heterocycles. The smallest absolute Gasteiger partial charge is 0.321 e. The van der Waals surface area contributed by atoms with Crippen LogP contribution in [0.4, 0.5) is 10.6 Å². The van der Waals surface area contributed by atoms with Gasteiger partial charge in [0, 0.05) is 52.0 Å². The van der Waals surface area contributed by atoms with Gasteiger partial charge >= 0.3 is 6.03 Å². The number of piperidine rings is 1. The molecule has 1 aromatic rings. The van der Waals surface area contributed by atoms with Gasteiger partial charge in [0.1, 0.15) is 5.82 Å². The number of carbonyl (C=O) groups is 2. The van der Waals surface area contributed by atoms with Crippen molar-refractivity contribution < 1.29 is 9.59 Å². The highest BCUT2D eigenvalue weighted by atomic mass is 16.2. The Morgan fingerprint density at radius 1 is 1.14 bits per heavy atom. The van der Waals surface area contributed by atoms with Gasteiger partial charge in [-0.3, -0.25) is 19.9 Å². The Hall–Kier alpha value is -2.19. The number of piperazine rings is 1. The number of imide groups is 1. The molecule has 154 valence electrons. The number of carbonyl (C=O) groups excluding carboxylic acids is 2. The minimum atomic E-state index is -0.410. The van der Waals surface area contributed by atoms with E-state index < -0.39 is 6.03 Å². The fourth-order valence-corrected chi connectivity index (χ4v) is 4.08. The van der Waals surface area contributed by atoms with E-state index in [-0.39, 0.29) is 5.91 Å². The van der Waals surface area contributed by atoms with Crippen LogP contribution in [0.25, 0.3) is 0 Å². The van der Waals surface area contributed by atoms with E-state index in [0.717, 1.165) is 58.1 Å². The van der Waals surface area contributed by atoms with Gasteiger partial charge in [-0.15, -0.1) is 0 Å². The van der Waals surface area contributed by atoms with Crippen LogP contribution < -0.4 is 15.5 Å². The molecule has 2 fully saturated rings. The number of hydrogen-bond acceptors (Lipinski definition) is 6. The number of anilines is 1. The van der Waals surface area contributed by atoms with Crippen LogP contribution in [0.15, 0.2) is 24.4 Å². The maximum absolute atomic E-state index is 12.0. The lowest BCUT2D eigenvalue weighted by Gasteiger charge is -2.39. The Morgan fingerprint density at radius 3 is 2.68 bits per heavy atom. The molecule has 0 radical (unpaired) electrons. The Morgan fingerprint density at radius 2 is 1.96 bits per heavy atom. The number of nitrogens with one attached hydrogen (secondary N) is 2. The average molecular weight is 389 g/mol. The fourth-order valence-electron chi connectivity index (χ4n) is 4.08. The second kappa shape index (κ2) is 10.4. The van der Waals surface area contributed by atoms with Gasteiger partial charge in [-0.05, 0) is 44.4 Å². The number of hydrogen-bond donors (Lipinski definition) is 2. The van der Waals surface area contributed by atoms with Gasteiger partial charge in [0.25, 0.3) is 0 Å². The molecular formula is C20H32N6O2. The summed E-state index contributed by atoms with van der Waals surface area (Å²) >= 11 is 0. The third-order valence-electron chi connectivity index (χ3n) is 5.42. The number of aromatic nitrogens is 1. The normalized spacial score (nSPS) is 21.3. The first-order valence-corrected chi connectivity index (χ1v) is 10.3. The third-order valence-corrected chi connectivity index (χ3v) is 5.42.